The minimum absolute atomic E-state index is 0.0307. The third-order valence-corrected chi connectivity index (χ3v) is 3.84. The summed E-state index contributed by atoms with van der Waals surface area (Å²) in [5.41, 5.74) is 0.758. The van der Waals surface area contributed by atoms with Crippen LogP contribution in [0.3, 0.4) is 0 Å². The van der Waals surface area contributed by atoms with Crippen LogP contribution in [0.15, 0.2) is 24.3 Å². The number of nitrogens with one attached hydrogen (secondary N) is 2. The van der Waals surface area contributed by atoms with E-state index in [2.05, 4.69) is 22.5 Å². The Morgan fingerprint density at radius 1 is 1.38 bits per heavy atom. The summed E-state index contributed by atoms with van der Waals surface area (Å²) in [5.74, 6) is 0.709. The lowest BCUT2D eigenvalue weighted by molar-refractivity contribution is -0.115. The summed E-state index contributed by atoms with van der Waals surface area (Å²) in [7, 11) is 1.61. The Morgan fingerprint density at radius 3 is 2.86 bits per heavy atom. The van der Waals surface area contributed by atoms with Crippen LogP contribution in [0, 0.1) is 0 Å². The Bertz CT molecular complexity index is 459. The van der Waals surface area contributed by atoms with Crippen molar-refractivity contribution in [3.05, 3.63) is 24.3 Å². The van der Waals surface area contributed by atoms with Gasteiger partial charge in [0.05, 0.1) is 13.7 Å². The Hall–Kier alpha value is -1.59. The quantitative estimate of drug-likeness (QED) is 0.803. The third kappa shape index (κ3) is 5.02. The van der Waals surface area contributed by atoms with Gasteiger partial charge in [-0.2, -0.15) is 0 Å². The van der Waals surface area contributed by atoms with E-state index in [9.17, 15) is 4.79 Å². The van der Waals surface area contributed by atoms with Crippen molar-refractivity contribution in [2.24, 2.45) is 0 Å². The summed E-state index contributed by atoms with van der Waals surface area (Å²) in [6, 6.07) is 7.86. The van der Waals surface area contributed by atoms with E-state index in [1.165, 1.54) is 25.9 Å². The van der Waals surface area contributed by atoms with Crippen LogP contribution in [0.1, 0.15) is 19.8 Å². The van der Waals surface area contributed by atoms with Crippen molar-refractivity contribution in [1.29, 1.82) is 0 Å². The molecule has 1 atom stereocenters. The second-order valence-electron chi connectivity index (χ2n) is 5.50. The Morgan fingerprint density at radius 2 is 2.14 bits per heavy atom. The van der Waals surface area contributed by atoms with Crippen LogP contribution in [-0.2, 0) is 4.79 Å². The second-order valence-corrected chi connectivity index (χ2v) is 5.50. The maximum Gasteiger partial charge on any atom is 0.238 e. The van der Waals surface area contributed by atoms with Gasteiger partial charge in [0.1, 0.15) is 5.75 Å². The summed E-state index contributed by atoms with van der Waals surface area (Å²) < 4.78 is 5.13. The number of carbonyl (C=O) groups is 1. The van der Waals surface area contributed by atoms with Crippen molar-refractivity contribution < 1.29 is 9.53 Å². The molecule has 1 aromatic carbocycles. The minimum atomic E-state index is -0.0307. The maximum absolute atomic E-state index is 11.9. The molecule has 21 heavy (non-hydrogen) atoms. The van der Waals surface area contributed by atoms with Crippen molar-refractivity contribution >= 4 is 11.6 Å². The molecular formula is C16H25N3O2. The largest absolute Gasteiger partial charge is 0.497 e. The molecule has 0 spiro atoms. The zero-order chi connectivity index (χ0) is 15.1. The summed E-state index contributed by atoms with van der Waals surface area (Å²) in [5, 5.41) is 6.09. The summed E-state index contributed by atoms with van der Waals surface area (Å²) in [6.45, 7) is 5.73. The molecule has 1 unspecified atom stereocenters. The molecule has 2 N–H and O–H groups in total. The topological polar surface area (TPSA) is 53.6 Å². The summed E-state index contributed by atoms with van der Waals surface area (Å²) >= 11 is 0. The highest BCUT2D eigenvalue weighted by molar-refractivity contribution is 5.92. The number of hydrogen-bond donors (Lipinski definition) is 2. The molecule has 1 aromatic rings. The van der Waals surface area contributed by atoms with E-state index in [0.29, 0.717) is 12.6 Å². The Kier molecular flexibility index (Phi) is 6.02. The predicted molar refractivity (Wildman–Crippen MR) is 84.8 cm³/mol. The number of methoxy groups -OCH3 is 1. The van der Waals surface area contributed by atoms with Gasteiger partial charge in [-0.3, -0.25) is 9.69 Å². The van der Waals surface area contributed by atoms with Crippen molar-refractivity contribution in [3.8, 4) is 5.75 Å². The maximum atomic E-state index is 11.9. The summed E-state index contributed by atoms with van der Waals surface area (Å²) in [4.78, 5) is 14.4. The van der Waals surface area contributed by atoms with Gasteiger partial charge in [-0.25, -0.2) is 0 Å². The van der Waals surface area contributed by atoms with Gasteiger partial charge in [0.25, 0.3) is 0 Å². The first-order valence-corrected chi connectivity index (χ1v) is 7.57. The van der Waals surface area contributed by atoms with Gasteiger partial charge in [-0.05, 0) is 45.0 Å². The highest BCUT2D eigenvalue weighted by Gasteiger charge is 2.17. The number of amides is 1. The molecule has 1 aliphatic heterocycles. The first kappa shape index (κ1) is 15.8. The number of nitrogens with zero attached hydrogens (tertiary/aromatic N) is 1. The highest BCUT2D eigenvalue weighted by atomic mass is 16.5. The molecule has 1 heterocycles. The van der Waals surface area contributed by atoms with Gasteiger partial charge in [0.15, 0.2) is 0 Å². The van der Waals surface area contributed by atoms with Crippen LogP contribution in [0.5, 0.6) is 5.75 Å². The smallest absolute Gasteiger partial charge is 0.238 e. The van der Waals surface area contributed by atoms with Gasteiger partial charge >= 0.3 is 0 Å². The molecule has 0 saturated carbocycles. The van der Waals surface area contributed by atoms with E-state index >= 15 is 0 Å². The zero-order valence-corrected chi connectivity index (χ0v) is 12.9. The Balaban J connectivity index is 1.69. The van der Waals surface area contributed by atoms with Crippen LogP contribution in [-0.4, -0.2) is 50.1 Å². The standard InChI is InChI=1S/C16H25N3O2/c1-13(19-8-3-4-9-19)11-17-12-16(20)18-14-6-5-7-15(10-14)21-2/h5-7,10,13,17H,3-4,8-9,11-12H2,1-2H3,(H,18,20). The normalized spacial score (nSPS) is 16.7. The number of carbonyl (C=O) groups excluding carboxylic acids is 1. The molecule has 0 radical (unpaired) electrons. The lowest BCUT2D eigenvalue weighted by Gasteiger charge is -2.23. The van der Waals surface area contributed by atoms with E-state index < -0.39 is 0 Å². The molecule has 5 heteroatoms. The van der Waals surface area contributed by atoms with Crippen LogP contribution in [0.4, 0.5) is 5.69 Å². The lowest BCUT2D eigenvalue weighted by Crippen LogP contribution is -2.40. The first-order valence-electron chi connectivity index (χ1n) is 7.57. The van der Waals surface area contributed by atoms with Crippen LogP contribution in [0.25, 0.3) is 0 Å². The molecule has 116 valence electrons. The SMILES string of the molecule is COc1cccc(NC(=O)CNCC(C)N2CCCC2)c1. The molecule has 0 aromatic heterocycles. The Labute approximate surface area is 126 Å². The van der Waals surface area contributed by atoms with E-state index in [1.807, 2.05) is 24.3 Å². The van der Waals surface area contributed by atoms with Crippen molar-refractivity contribution in [2.45, 2.75) is 25.8 Å². The van der Waals surface area contributed by atoms with Gasteiger partial charge in [0, 0.05) is 24.3 Å². The zero-order valence-electron chi connectivity index (χ0n) is 12.9. The van der Waals surface area contributed by atoms with Crippen molar-refractivity contribution in [3.63, 3.8) is 0 Å². The number of hydrogen-bond acceptors (Lipinski definition) is 4. The highest BCUT2D eigenvalue weighted by Crippen LogP contribution is 2.16. The fourth-order valence-electron chi connectivity index (χ4n) is 2.61. The average molecular weight is 291 g/mol. The fourth-order valence-corrected chi connectivity index (χ4v) is 2.61. The number of rotatable bonds is 7. The van der Waals surface area contributed by atoms with Gasteiger partial charge in [0.2, 0.25) is 5.91 Å². The van der Waals surface area contributed by atoms with Crippen LogP contribution >= 0.6 is 0 Å². The van der Waals surface area contributed by atoms with E-state index in [1.54, 1.807) is 7.11 Å². The second kappa shape index (κ2) is 8.00. The van der Waals surface area contributed by atoms with Crippen molar-refractivity contribution in [1.82, 2.24) is 10.2 Å². The molecular weight excluding hydrogens is 266 g/mol. The van der Waals surface area contributed by atoms with Gasteiger partial charge in [-0.15, -0.1) is 0 Å². The average Bonchev–Trinajstić information content (AvgIpc) is 3.01. The molecule has 0 aliphatic carbocycles. The van der Waals surface area contributed by atoms with Crippen LogP contribution < -0.4 is 15.4 Å². The molecule has 0 bridgehead atoms. The summed E-state index contributed by atoms with van der Waals surface area (Å²) in [6.07, 6.45) is 2.58. The lowest BCUT2D eigenvalue weighted by atomic mass is 10.3. The molecule has 2 rings (SSSR count). The van der Waals surface area contributed by atoms with E-state index in [0.717, 1.165) is 18.0 Å². The van der Waals surface area contributed by atoms with E-state index in [-0.39, 0.29) is 5.91 Å². The van der Waals surface area contributed by atoms with E-state index in [4.69, 9.17) is 4.74 Å². The van der Waals surface area contributed by atoms with Gasteiger partial charge < -0.3 is 15.4 Å². The molecule has 1 amide bonds. The molecule has 1 aliphatic rings. The monoisotopic (exact) mass is 291 g/mol. The molecule has 5 nitrogen and oxygen atoms in total. The first-order chi connectivity index (χ1) is 10.2. The van der Waals surface area contributed by atoms with Gasteiger partial charge in [-0.1, -0.05) is 6.07 Å². The number of benzene rings is 1. The molecule has 1 fully saturated rings. The number of anilines is 1. The van der Waals surface area contributed by atoms with Crippen molar-refractivity contribution in [2.75, 3.05) is 38.6 Å². The molecule has 1 saturated heterocycles. The van der Waals surface area contributed by atoms with Crippen LogP contribution in [0.2, 0.25) is 0 Å². The minimum Gasteiger partial charge on any atom is -0.497 e. The number of ether oxygens (including phenoxy) is 1. The third-order valence-electron chi connectivity index (χ3n) is 3.84. The number of likely N-dealkylation sites (tertiary alicyclic amines) is 1. The fraction of sp³-hybridized carbons (Fsp3) is 0.562. The predicted octanol–water partition coefficient (Wildman–Crippen LogP) is 1.71.